The van der Waals surface area contributed by atoms with Gasteiger partial charge in [-0.15, -0.1) is 0 Å². The largest absolute Gasteiger partial charge is 0.480 e. The molecule has 108 valence electrons. The number of aliphatic carboxylic acids is 1. The maximum Gasteiger partial charge on any atom is 0.327 e. The van der Waals surface area contributed by atoms with Crippen molar-refractivity contribution in [2.45, 2.75) is 38.3 Å². The summed E-state index contributed by atoms with van der Waals surface area (Å²) in [6.45, 7) is 1.20. The Hall–Kier alpha value is -1.44. The minimum absolute atomic E-state index is 0.0991. The summed E-state index contributed by atoms with van der Waals surface area (Å²) in [5.41, 5.74) is 0. The summed E-state index contributed by atoms with van der Waals surface area (Å²) in [4.78, 5) is 33.0. The van der Waals surface area contributed by atoms with E-state index < -0.39 is 28.7 Å². The SMILES string of the molecule is CC(=O)NC(CS(=O)CCC(=O)NC1CC1)C(=O)O. The van der Waals surface area contributed by atoms with E-state index in [0.717, 1.165) is 12.8 Å². The zero-order valence-corrected chi connectivity index (χ0v) is 11.5. The Morgan fingerprint density at radius 2 is 2.00 bits per heavy atom. The molecule has 2 unspecified atom stereocenters. The molecule has 0 aromatic rings. The Kier molecular flexibility index (Phi) is 5.94. The first kappa shape index (κ1) is 15.6. The molecule has 3 N–H and O–H groups in total. The Balaban J connectivity index is 2.28. The Morgan fingerprint density at radius 1 is 1.37 bits per heavy atom. The molecule has 1 saturated carbocycles. The summed E-state index contributed by atoms with van der Waals surface area (Å²) in [7, 11) is -1.46. The van der Waals surface area contributed by atoms with Crippen LogP contribution in [0.2, 0.25) is 0 Å². The predicted octanol–water partition coefficient (Wildman–Crippen LogP) is -1.01. The summed E-state index contributed by atoms with van der Waals surface area (Å²) in [6, 6.07) is -0.920. The second kappa shape index (κ2) is 7.22. The van der Waals surface area contributed by atoms with Crippen molar-refractivity contribution in [2.75, 3.05) is 11.5 Å². The summed E-state index contributed by atoms with van der Waals surface area (Å²) in [6.07, 6.45) is 2.08. The Bertz CT molecular complexity index is 395. The van der Waals surface area contributed by atoms with Crippen molar-refractivity contribution in [3.63, 3.8) is 0 Å². The Morgan fingerprint density at radius 3 is 2.47 bits per heavy atom. The third-order valence-corrected chi connectivity index (χ3v) is 3.89. The molecule has 0 aromatic heterocycles. The van der Waals surface area contributed by atoms with Crippen LogP contribution < -0.4 is 10.6 Å². The summed E-state index contributed by atoms with van der Waals surface area (Å²) in [5.74, 6) is -1.97. The highest BCUT2D eigenvalue weighted by Crippen LogP contribution is 2.18. The van der Waals surface area contributed by atoms with E-state index in [1.165, 1.54) is 6.92 Å². The lowest BCUT2D eigenvalue weighted by Gasteiger charge is -2.12. The fourth-order valence-corrected chi connectivity index (χ4v) is 2.60. The number of carboxylic acid groups (broad SMARTS) is 1. The van der Waals surface area contributed by atoms with E-state index in [4.69, 9.17) is 5.11 Å². The van der Waals surface area contributed by atoms with Crippen molar-refractivity contribution in [3.05, 3.63) is 0 Å². The van der Waals surface area contributed by atoms with Crippen molar-refractivity contribution in [3.8, 4) is 0 Å². The lowest BCUT2D eigenvalue weighted by molar-refractivity contribution is -0.140. The quantitative estimate of drug-likeness (QED) is 0.530. The number of nitrogens with one attached hydrogen (secondary N) is 2. The van der Waals surface area contributed by atoms with Gasteiger partial charge in [-0.25, -0.2) is 4.79 Å². The topological polar surface area (TPSA) is 113 Å². The van der Waals surface area contributed by atoms with Gasteiger partial charge in [-0.1, -0.05) is 0 Å². The van der Waals surface area contributed by atoms with Gasteiger partial charge >= 0.3 is 5.97 Å². The molecule has 8 heteroatoms. The van der Waals surface area contributed by atoms with Crippen LogP contribution in [0.3, 0.4) is 0 Å². The number of carbonyl (C=O) groups excluding carboxylic acids is 2. The molecule has 2 amide bonds. The first-order valence-electron chi connectivity index (χ1n) is 6.02. The minimum Gasteiger partial charge on any atom is -0.480 e. The lowest BCUT2D eigenvalue weighted by Crippen LogP contribution is -2.43. The minimum atomic E-state index is -1.46. The lowest BCUT2D eigenvalue weighted by atomic mass is 10.3. The van der Waals surface area contributed by atoms with Crippen LogP contribution >= 0.6 is 0 Å². The number of hydrogen-bond acceptors (Lipinski definition) is 4. The standard InChI is InChI=1S/C11H18N2O5S/c1-7(14)12-9(11(16)17)6-19(18)5-4-10(15)13-8-2-3-8/h8-9H,2-6H2,1H3,(H,12,14)(H,13,15)(H,16,17). The fourth-order valence-electron chi connectivity index (χ4n) is 1.42. The first-order chi connectivity index (χ1) is 8.88. The third kappa shape index (κ3) is 6.90. The van der Waals surface area contributed by atoms with Crippen LogP contribution in [0.4, 0.5) is 0 Å². The van der Waals surface area contributed by atoms with E-state index in [1.54, 1.807) is 0 Å². The molecule has 1 fully saturated rings. The molecule has 0 bridgehead atoms. The third-order valence-electron chi connectivity index (χ3n) is 2.53. The fraction of sp³-hybridized carbons (Fsp3) is 0.727. The molecule has 0 aliphatic heterocycles. The van der Waals surface area contributed by atoms with E-state index in [1.807, 2.05) is 0 Å². The number of hydrogen-bond donors (Lipinski definition) is 3. The van der Waals surface area contributed by atoms with Gasteiger partial charge in [0.1, 0.15) is 6.04 Å². The van der Waals surface area contributed by atoms with Crippen LogP contribution in [0.25, 0.3) is 0 Å². The maximum absolute atomic E-state index is 11.7. The molecule has 0 saturated heterocycles. The molecule has 2 atom stereocenters. The smallest absolute Gasteiger partial charge is 0.327 e. The van der Waals surface area contributed by atoms with E-state index in [0.29, 0.717) is 0 Å². The number of carbonyl (C=O) groups is 3. The van der Waals surface area contributed by atoms with Crippen LogP contribution in [0, 0.1) is 0 Å². The average Bonchev–Trinajstić information content (AvgIpc) is 3.08. The van der Waals surface area contributed by atoms with Gasteiger partial charge in [0.05, 0.1) is 5.75 Å². The monoisotopic (exact) mass is 290 g/mol. The second-order valence-corrected chi connectivity index (χ2v) is 6.11. The Labute approximate surface area is 113 Å². The van der Waals surface area contributed by atoms with E-state index in [2.05, 4.69) is 10.6 Å². The summed E-state index contributed by atoms with van der Waals surface area (Å²) >= 11 is 0. The molecule has 0 radical (unpaired) electrons. The van der Waals surface area contributed by atoms with Gasteiger partial charge in [0, 0.05) is 35.9 Å². The van der Waals surface area contributed by atoms with E-state index in [-0.39, 0.29) is 29.9 Å². The highest BCUT2D eigenvalue weighted by molar-refractivity contribution is 7.85. The highest BCUT2D eigenvalue weighted by atomic mass is 32.2. The van der Waals surface area contributed by atoms with Gasteiger partial charge in [-0.05, 0) is 12.8 Å². The first-order valence-corrected chi connectivity index (χ1v) is 7.51. The van der Waals surface area contributed by atoms with Crippen LogP contribution in [-0.4, -0.2) is 50.7 Å². The molecule has 1 aliphatic rings. The molecule has 0 spiro atoms. The zero-order valence-electron chi connectivity index (χ0n) is 10.7. The van der Waals surface area contributed by atoms with Crippen LogP contribution in [0.15, 0.2) is 0 Å². The number of rotatable bonds is 8. The molecule has 1 aliphatic carbocycles. The zero-order chi connectivity index (χ0) is 14.4. The van der Waals surface area contributed by atoms with Gasteiger partial charge in [-0.2, -0.15) is 0 Å². The maximum atomic E-state index is 11.7. The summed E-state index contributed by atoms with van der Waals surface area (Å²) in [5, 5.41) is 13.8. The van der Waals surface area contributed by atoms with Gasteiger partial charge in [0.15, 0.2) is 0 Å². The molecule has 7 nitrogen and oxygen atoms in total. The second-order valence-electron chi connectivity index (χ2n) is 4.49. The van der Waals surface area contributed by atoms with E-state index in [9.17, 15) is 18.6 Å². The number of carboxylic acids is 1. The van der Waals surface area contributed by atoms with Gasteiger partial charge in [0.2, 0.25) is 11.8 Å². The van der Waals surface area contributed by atoms with Crippen molar-refractivity contribution in [2.24, 2.45) is 0 Å². The van der Waals surface area contributed by atoms with Crippen LogP contribution in [0.5, 0.6) is 0 Å². The van der Waals surface area contributed by atoms with Gasteiger partial charge in [0.25, 0.3) is 0 Å². The van der Waals surface area contributed by atoms with Crippen molar-refractivity contribution < 1.29 is 23.7 Å². The molecule has 0 aromatic carbocycles. The van der Waals surface area contributed by atoms with Crippen molar-refractivity contribution in [1.82, 2.24) is 10.6 Å². The highest BCUT2D eigenvalue weighted by Gasteiger charge is 2.24. The average molecular weight is 290 g/mol. The molecular weight excluding hydrogens is 272 g/mol. The summed E-state index contributed by atoms with van der Waals surface area (Å²) < 4.78 is 11.7. The van der Waals surface area contributed by atoms with Gasteiger partial charge in [-0.3, -0.25) is 13.8 Å². The normalized spacial score (nSPS) is 17.3. The predicted molar refractivity (Wildman–Crippen MR) is 68.9 cm³/mol. The number of amides is 2. The van der Waals surface area contributed by atoms with Crippen LogP contribution in [-0.2, 0) is 25.2 Å². The van der Waals surface area contributed by atoms with E-state index >= 15 is 0 Å². The van der Waals surface area contributed by atoms with Gasteiger partial charge < -0.3 is 15.7 Å². The molecular formula is C11H18N2O5S. The molecule has 1 rings (SSSR count). The molecule has 19 heavy (non-hydrogen) atoms. The van der Waals surface area contributed by atoms with Crippen molar-refractivity contribution >= 4 is 28.6 Å². The molecule has 0 heterocycles. The van der Waals surface area contributed by atoms with Crippen molar-refractivity contribution in [1.29, 1.82) is 0 Å². The van der Waals surface area contributed by atoms with Crippen LogP contribution in [0.1, 0.15) is 26.2 Å².